The summed E-state index contributed by atoms with van der Waals surface area (Å²) >= 11 is 0. The number of nitrogens with one attached hydrogen (secondary N) is 2. The lowest BCUT2D eigenvalue weighted by Crippen LogP contribution is -2.27. The van der Waals surface area contributed by atoms with Crippen LogP contribution >= 0.6 is 0 Å². The Morgan fingerprint density at radius 3 is 2.60 bits per heavy atom. The van der Waals surface area contributed by atoms with Gasteiger partial charge in [-0.2, -0.15) is 0 Å². The van der Waals surface area contributed by atoms with Gasteiger partial charge in [-0.05, 0) is 30.4 Å². The predicted molar refractivity (Wildman–Crippen MR) is 80.4 cm³/mol. The number of anilines is 1. The molecule has 0 radical (unpaired) electrons. The normalized spacial score (nSPS) is 21.4. The summed E-state index contributed by atoms with van der Waals surface area (Å²) in [5, 5.41) is 2.99. The molecule has 1 heterocycles. The van der Waals surface area contributed by atoms with Crippen molar-refractivity contribution in [1.82, 2.24) is 10.3 Å². The van der Waals surface area contributed by atoms with Gasteiger partial charge in [0.25, 0.3) is 5.91 Å². The van der Waals surface area contributed by atoms with Gasteiger partial charge in [0.1, 0.15) is 5.82 Å². The van der Waals surface area contributed by atoms with Gasteiger partial charge >= 0.3 is 0 Å². The van der Waals surface area contributed by atoms with E-state index in [4.69, 9.17) is 5.84 Å². The van der Waals surface area contributed by atoms with Gasteiger partial charge in [-0.3, -0.25) is 4.79 Å². The number of nitrogen functional groups attached to an aromatic ring is 1. The average Bonchev–Trinajstić information content (AvgIpc) is 3.10. The molecule has 0 saturated heterocycles. The Hall–Kier alpha value is -1.62. The topological polar surface area (TPSA) is 80.0 Å². The molecule has 1 aliphatic carbocycles. The van der Waals surface area contributed by atoms with E-state index in [1.165, 1.54) is 6.42 Å². The number of hydrazine groups is 1. The molecule has 2 rings (SSSR count). The first-order valence-electron chi connectivity index (χ1n) is 7.08. The van der Waals surface area contributed by atoms with E-state index in [1.807, 2.05) is 6.07 Å². The van der Waals surface area contributed by atoms with Crippen molar-refractivity contribution in [3.8, 4) is 0 Å². The molecule has 2 atom stereocenters. The smallest absolute Gasteiger partial charge is 0.251 e. The van der Waals surface area contributed by atoms with Crippen molar-refractivity contribution in [2.24, 2.45) is 17.7 Å². The number of hydrogen-bond acceptors (Lipinski definition) is 4. The van der Waals surface area contributed by atoms with E-state index in [9.17, 15) is 4.79 Å². The lowest BCUT2D eigenvalue weighted by atomic mass is 9.90. The second kappa shape index (κ2) is 5.40. The second-order valence-electron chi connectivity index (χ2n) is 6.70. The Morgan fingerprint density at radius 1 is 1.45 bits per heavy atom. The van der Waals surface area contributed by atoms with Crippen molar-refractivity contribution in [1.29, 1.82) is 0 Å². The van der Waals surface area contributed by atoms with Crippen LogP contribution in [0.4, 0.5) is 5.82 Å². The largest absolute Gasteiger partial charge is 0.352 e. The van der Waals surface area contributed by atoms with Crippen molar-refractivity contribution in [2.75, 3.05) is 12.0 Å². The molecule has 0 aliphatic heterocycles. The molecule has 20 heavy (non-hydrogen) atoms. The van der Waals surface area contributed by atoms with Crippen LogP contribution in [0.1, 0.15) is 50.2 Å². The molecular formula is C15H24N4O. The van der Waals surface area contributed by atoms with E-state index in [2.05, 4.69) is 43.4 Å². The van der Waals surface area contributed by atoms with Gasteiger partial charge in [0.05, 0.1) is 0 Å². The Labute approximate surface area is 120 Å². The van der Waals surface area contributed by atoms with E-state index in [0.29, 0.717) is 17.3 Å². The van der Waals surface area contributed by atoms with Crippen molar-refractivity contribution in [3.63, 3.8) is 0 Å². The summed E-state index contributed by atoms with van der Waals surface area (Å²) in [6, 6.07) is 3.52. The highest BCUT2D eigenvalue weighted by Crippen LogP contribution is 2.36. The Morgan fingerprint density at radius 2 is 2.10 bits per heavy atom. The molecule has 0 bridgehead atoms. The number of rotatable bonds is 4. The molecule has 4 N–H and O–H groups in total. The molecule has 1 fully saturated rings. The van der Waals surface area contributed by atoms with Crippen LogP contribution in [-0.2, 0) is 5.41 Å². The first-order chi connectivity index (χ1) is 9.31. The molecule has 2 unspecified atom stereocenters. The molecule has 1 saturated carbocycles. The van der Waals surface area contributed by atoms with Crippen LogP contribution < -0.4 is 16.6 Å². The summed E-state index contributed by atoms with van der Waals surface area (Å²) in [6.07, 6.45) is 1.21. The summed E-state index contributed by atoms with van der Waals surface area (Å²) in [5.41, 5.74) is 3.84. The van der Waals surface area contributed by atoms with Gasteiger partial charge < -0.3 is 10.7 Å². The maximum Gasteiger partial charge on any atom is 0.251 e. The fourth-order valence-corrected chi connectivity index (χ4v) is 2.13. The molecule has 0 spiro atoms. The molecule has 1 aromatic heterocycles. The zero-order valence-corrected chi connectivity index (χ0v) is 12.7. The summed E-state index contributed by atoms with van der Waals surface area (Å²) in [4.78, 5) is 16.6. The van der Waals surface area contributed by atoms with Gasteiger partial charge in [0.15, 0.2) is 0 Å². The van der Waals surface area contributed by atoms with Crippen molar-refractivity contribution in [2.45, 2.75) is 39.5 Å². The highest BCUT2D eigenvalue weighted by Gasteiger charge is 2.32. The van der Waals surface area contributed by atoms with E-state index < -0.39 is 0 Å². The van der Waals surface area contributed by atoms with Gasteiger partial charge in [0.2, 0.25) is 0 Å². The van der Waals surface area contributed by atoms with E-state index in [0.717, 1.165) is 18.2 Å². The lowest BCUT2D eigenvalue weighted by Gasteiger charge is -2.19. The molecule has 110 valence electrons. The lowest BCUT2D eigenvalue weighted by molar-refractivity contribution is 0.0951. The Kier molecular flexibility index (Phi) is 3.99. The zero-order valence-electron chi connectivity index (χ0n) is 12.7. The van der Waals surface area contributed by atoms with Gasteiger partial charge in [-0.25, -0.2) is 10.8 Å². The number of amides is 1. The maximum atomic E-state index is 12.2. The fourth-order valence-electron chi connectivity index (χ4n) is 2.13. The molecule has 0 aromatic carbocycles. The minimum Gasteiger partial charge on any atom is -0.352 e. The quantitative estimate of drug-likeness (QED) is 0.581. The maximum absolute atomic E-state index is 12.2. The second-order valence-corrected chi connectivity index (χ2v) is 6.70. The summed E-state index contributed by atoms with van der Waals surface area (Å²) in [7, 11) is 0. The molecule has 1 aromatic rings. The highest BCUT2D eigenvalue weighted by molar-refractivity contribution is 5.95. The van der Waals surface area contributed by atoms with Crippen LogP contribution in [0.15, 0.2) is 12.1 Å². The third kappa shape index (κ3) is 3.48. The molecular weight excluding hydrogens is 252 g/mol. The Bertz CT molecular complexity index is 507. The molecule has 1 amide bonds. The van der Waals surface area contributed by atoms with Crippen LogP contribution in [0, 0.1) is 11.8 Å². The fraction of sp³-hybridized carbons (Fsp3) is 0.600. The van der Waals surface area contributed by atoms with Crippen LogP contribution in [0.25, 0.3) is 0 Å². The van der Waals surface area contributed by atoms with Crippen molar-refractivity contribution >= 4 is 11.7 Å². The first kappa shape index (κ1) is 14.8. The molecule has 5 heteroatoms. The number of carbonyl (C=O) groups is 1. The zero-order chi connectivity index (χ0) is 14.9. The standard InChI is InChI=1S/C15H24N4O/c1-9-5-11(9)8-17-14(20)10-6-12(15(2,3)4)18-13(7-10)19-16/h6-7,9,11H,5,8,16H2,1-4H3,(H,17,20)(H,18,19). The SMILES string of the molecule is CC1CC1CNC(=O)c1cc(NN)nc(C(C)(C)C)c1. The Balaban J connectivity index is 2.14. The summed E-state index contributed by atoms with van der Waals surface area (Å²) < 4.78 is 0. The predicted octanol–water partition coefficient (Wildman–Crippen LogP) is 2.05. The third-order valence-corrected chi connectivity index (χ3v) is 3.80. The van der Waals surface area contributed by atoms with Gasteiger partial charge in [-0.1, -0.05) is 27.7 Å². The number of carbonyl (C=O) groups excluding carboxylic acids is 1. The average molecular weight is 276 g/mol. The van der Waals surface area contributed by atoms with E-state index >= 15 is 0 Å². The van der Waals surface area contributed by atoms with Gasteiger partial charge in [-0.15, -0.1) is 0 Å². The summed E-state index contributed by atoms with van der Waals surface area (Å²) in [5.74, 6) is 7.26. The minimum atomic E-state index is -0.132. The van der Waals surface area contributed by atoms with Crippen molar-refractivity contribution < 1.29 is 4.79 Å². The monoisotopic (exact) mass is 276 g/mol. The molecule has 1 aliphatic rings. The van der Waals surface area contributed by atoms with E-state index in [1.54, 1.807) is 6.07 Å². The van der Waals surface area contributed by atoms with Crippen LogP contribution in [0.5, 0.6) is 0 Å². The van der Waals surface area contributed by atoms with Gasteiger partial charge in [0, 0.05) is 23.2 Å². The van der Waals surface area contributed by atoms with E-state index in [-0.39, 0.29) is 11.3 Å². The van der Waals surface area contributed by atoms with Crippen LogP contribution in [-0.4, -0.2) is 17.4 Å². The summed E-state index contributed by atoms with van der Waals surface area (Å²) in [6.45, 7) is 9.13. The number of aromatic nitrogens is 1. The number of hydrogen-bond donors (Lipinski definition) is 3. The number of pyridine rings is 1. The molecule has 5 nitrogen and oxygen atoms in total. The number of nitrogens with zero attached hydrogens (tertiary/aromatic N) is 1. The third-order valence-electron chi connectivity index (χ3n) is 3.80. The van der Waals surface area contributed by atoms with Crippen LogP contribution in [0.3, 0.4) is 0 Å². The highest BCUT2D eigenvalue weighted by atomic mass is 16.1. The number of nitrogens with two attached hydrogens (primary N) is 1. The first-order valence-corrected chi connectivity index (χ1v) is 7.08. The minimum absolute atomic E-state index is 0.0616. The van der Waals surface area contributed by atoms with Crippen LogP contribution in [0.2, 0.25) is 0 Å². The van der Waals surface area contributed by atoms with Crippen molar-refractivity contribution in [3.05, 3.63) is 23.4 Å².